The molecule has 194 valence electrons. The second-order valence-electron chi connectivity index (χ2n) is 9.10. The number of halogens is 5. The minimum atomic E-state index is -2.20. The van der Waals surface area contributed by atoms with Gasteiger partial charge in [0.15, 0.2) is 5.75 Å². The Kier molecular flexibility index (Phi) is 8.07. The van der Waals surface area contributed by atoms with Gasteiger partial charge in [0, 0.05) is 32.1 Å². The van der Waals surface area contributed by atoms with Gasteiger partial charge in [-0.2, -0.15) is 13.8 Å². The lowest BCUT2D eigenvalue weighted by atomic mass is 9.86. The number of hydrogen-bond acceptors (Lipinski definition) is 6. The Hall–Kier alpha value is -3.21. The predicted octanol–water partition coefficient (Wildman–Crippen LogP) is 5.03. The molecule has 1 aliphatic rings. The second-order valence-corrected chi connectivity index (χ2v) is 9.10. The van der Waals surface area contributed by atoms with Crippen LogP contribution in [0.3, 0.4) is 0 Å². The minimum absolute atomic E-state index is 0.204. The van der Waals surface area contributed by atoms with E-state index in [0.29, 0.717) is 18.4 Å². The van der Waals surface area contributed by atoms with Gasteiger partial charge < -0.3 is 20.3 Å². The fourth-order valence-electron chi connectivity index (χ4n) is 4.40. The zero-order valence-corrected chi connectivity index (χ0v) is 20.1. The van der Waals surface area contributed by atoms with Crippen molar-refractivity contribution in [2.24, 2.45) is 5.92 Å². The van der Waals surface area contributed by atoms with Crippen LogP contribution >= 0.6 is 0 Å². The number of rotatable bonds is 9. The molecular formula is C25H28F5N5O. The van der Waals surface area contributed by atoms with E-state index >= 15 is 0 Å². The van der Waals surface area contributed by atoms with E-state index in [1.165, 1.54) is 0 Å². The molecule has 2 aromatic carbocycles. The lowest BCUT2D eigenvalue weighted by Gasteiger charge is -2.29. The first-order valence-electron chi connectivity index (χ1n) is 11.8. The van der Waals surface area contributed by atoms with Crippen molar-refractivity contribution in [2.75, 3.05) is 44.0 Å². The van der Waals surface area contributed by atoms with Crippen molar-refractivity contribution in [2.45, 2.75) is 31.7 Å². The van der Waals surface area contributed by atoms with Gasteiger partial charge in [0.2, 0.25) is 35.0 Å². The van der Waals surface area contributed by atoms with Crippen LogP contribution in [0.15, 0.2) is 24.3 Å². The maximum atomic E-state index is 13.7. The van der Waals surface area contributed by atoms with Crippen molar-refractivity contribution in [1.82, 2.24) is 15.3 Å². The zero-order chi connectivity index (χ0) is 25.8. The van der Waals surface area contributed by atoms with Crippen LogP contribution in [0.4, 0.5) is 33.7 Å². The molecule has 0 saturated heterocycles. The third-order valence-electron chi connectivity index (χ3n) is 6.31. The molecule has 2 N–H and O–H groups in total. The van der Waals surface area contributed by atoms with Gasteiger partial charge in [0.1, 0.15) is 12.4 Å². The Labute approximate surface area is 205 Å². The van der Waals surface area contributed by atoms with Gasteiger partial charge >= 0.3 is 0 Å². The molecule has 1 heterocycles. The smallest absolute Gasteiger partial charge is 0.225 e. The highest BCUT2D eigenvalue weighted by Crippen LogP contribution is 2.30. The average molecular weight is 510 g/mol. The Bertz CT molecular complexity index is 1190. The van der Waals surface area contributed by atoms with Gasteiger partial charge in [-0.1, -0.05) is 12.1 Å². The quantitative estimate of drug-likeness (QED) is 0.183. The predicted molar refractivity (Wildman–Crippen MR) is 128 cm³/mol. The Morgan fingerprint density at radius 3 is 2.19 bits per heavy atom. The Morgan fingerprint density at radius 1 is 0.889 bits per heavy atom. The summed E-state index contributed by atoms with van der Waals surface area (Å²) in [6.07, 6.45) is 3.77. The summed E-state index contributed by atoms with van der Waals surface area (Å²) >= 11 is 0. The van der Waals surface area contributed by atoms with Gasteiger partial charge in [-0.15, -0.1) is 0 Å². The lowest BCUT2D eigenvalue weighted by Crippen LogP contribution is -2.33. The fourth-order valence-corrected chi connectivity index (χ4v) is 4.40. The van der Waals surface area contributed by atoms with Crippen molar-refractivity contribution >= 4 is 22.7 Å². The topological polar surface area (TPSA) is 62.3 Å². The highest BCUT2D eigenvalue weighted by atomic mass is 19.2. The normalized spacial score (nSPS) is 17.9. The number of para-hydroxylation sites is 1. The first-order valence-corrected chi connectivity index (χ1v) is 11.8. The summed E-state index contributed by atoms with van der Waals surface area (Å²) in [6.45, 7) is 0.628. The molecule has 1 aromatic heterocycles. The summed E-state index contributed by atoms with van der Waals surface area (Å²) in [7, 11) is 3.90. The number of benzene rings is 2. The van der Waals surface area contributed by atoms with E-state index in [0.717, 1.165) is 42.4 Å². The third kappa shape index (κ3) is 5.61. The summed E-state index contributed by atoms with van der Waals surface area (Å²) < 4.78 is 71.7. The number of aromatic nitrogens is 2. The molecule has 0 atom stereocenters. The Balaban J connectivity index is 1.22. The van der Waals surface area contributed by atoms with Crippen molar-refractivity contribution in [3.05, 3.63) is 53.4 Å². The van der Waals surface area contributed by atoms with Crippen molar-refractivity contribution in [3.8, 4) is 5.75 Å². The molecular weight excluding hydrogens is 481 g/mol. The van der Waals surface area contributed by atoms with Crippen LogP contribution < -0.4 is 20.3 Å². The number of anilines is 2. The van der Waals surface area contributed by atoms with Crippen molar-refractivity contribution in [3.63, 3.8) is 0 Å². The second kappa shape index (κ2) is 11.2. The molecule has 0 bridgehead atoms. The fraction of sp³-hybridized carbons (Fsp3) is 0.440. The van der Waals surface area contributed by atoms with Gasteiger partial charge in [0.05, 0.1) is 5.52 Å². The molecule has 0 spiro atoms. The molecule has 1 aliphatic carbocycles. The van der Waals surface area contributed by atoms with Gasteiger partial charge in [0.25, 0.3) is 0 Å². The first-order chi connectivity index (χ1) is 17.3. The van der Waals surface area contributed by atoms with Crippen LogP contribution in [0.25, 0.3) is 10.9 Å². The van der Waals surface area contributed by atoms with E-state index in [1.54, 1.807) is 0 Å². The van der Waals surface area contributed by atoms with E-state index in [1.807, 2.05) is 43.3 Å². The van der Waals surface area contributed by atoms with E-state index < -0.39 is 34.8 Å². The van der Waals surface area contributed by atoms with Crippen molar-refractivity contribution in [1.29, 1.82) is 0 Å². The van der Waals surface area contributed by atoms with Gasteiger partial charge in [-0.05, 0) is 50.3 Å². The van der Waals surface area contributed by atoms with Crippen LogP contribution in [0, 0.1) is 35.0 Å². The molecule has 1 fully saturated rings. The van der Waals surface area contributed by atoms with Crippen LogP contribution in [0.2, 0.25) is 0 Å². The zero-order valence-electron chi connectivity index (χ0n) is 20.1. The van der Waals surface area contributed by atoms with E-state index in [-0.39, 0.29) is 19.2 Å². The highest BCUT2D eigenvalue weighted by Gasteiger charge is 2.27. The number of fused-ring (bicyclic) bond motifs is 1. The largest absolute Gasteiger partial charge is 0.486 e. The monoisotopic (exact) mass is 509 g/mol. The molecule has 0 radical (unpaired) electrons. The number of hydrogen-bond donors (Lipinski definition) is 2. The highest BCUT2D eigenvalue weighted by molar-refractivity contribution is 5.90. The first kappa shape index (κ1) is 25.9. The van der Waals surface area contributed by atoms with E-state index in [2.05, 4.69) is 15.6 Å². The Morgan fingerprint density at radius 2 is 1.53 bits per heavy atom. The number of nitrogens with one attached hydrogen (secondary N) is 2. The molecule has 0 unspecified atom stereocenters. The number of nitrogens with zero attached hydrogens (tertiary/aromatic N) is 3. The summed E-state index contributed by atoms with van der Waals surface area (Å²) in [5.41, 5.74) is 0.879. The summed E-state index contributed by atoms with van der Waals surface area (Å²) in [5.74, 6) is -9.58. The molecule has 4 rings (SSSR count). The standard InChI is InChI=1S/C25H28F5N5O/c1-35(2)24-16-5-3-4-6-17(16)33-25(34-24)32-15-9-7-14(8-10-15)13-31-11-12-36-23-21(29)19(27)18(26)20(28)22(23)30/h3-6,14-15,31H,7-13H2,1-2H3,(H,32,33,34)/t14-,15+. The van der Waals surface area contributed by atoms with E-state index in [9.17, 15) is 22.0 Å². The third-order valence-corrected chi connectivity index (χ3v) is 6.31. The average Bonchev–Trinajstić information content (AvgIpc) is 2.88. The van der Waals surface area contributed by atoms with Crippen LogP contribution in [-0.2, 0) is 0 Å². The molecule has 0 aliphatic heterocycles. The maximum absolute atomic E-state index is 13.7. The maximum Gasteiger partial charge on any atom is 0.225 e. The van der Waals surface area contributed by atoms with Crippen LogP contribution in [-0.4, -0.2) is 49.8 Å². The van der Waals surface area contributed by atoms with Crippen LogP contribution in [0.1, 0.15) is 25.7 Å². The summed E-state index contributed by atoms with van der Waals surface area (Å²) in [4.78, 5) is 11.3. The minimum Gasteiger partial charge on any atom is -0.486 e. The summed E-state index contributed by atoms with van der Waals surface area (Å²) in [6, 6.07) is 8.13. The van der Waals surface area contributed by atoms with Gasteiger partial charge in [-0.3, -0.25) is 0 Å². The van der Waals surface area contributed by atoms with Crippen molar-refractivity contribution < 1.29 is 26.7 Å². The van der Waals surface area contributed by atoms with Crippen LogP contribution in [0.5, 0.6) is 5.75 Å². The molecule has 0 amide bonds. The molecule has 1 saturated carbocycles. The molecule has 36 heavy (non-hydrogen) atoms. The SMILES string of the molecule is CN(C)c1nc(N[C@H]2CC[C@@H](CNCCOc3c(F)c(F)c(F)c(F)c3F)CC2)nc2ccccc12. The summed E-state index contributed by atoms with van der Waals surface area (Å²) in [5, 5.41) is 7.58. The van der Waals surface area contributed by atoms with E-state index in [4.69, 9.17) is 9.72 Å². The lowest BCUT2D eigenvalue weighted by molar-refractivity contribution is 0.254. The number of ether oxygens (including phenoxy) is 1. The molecule has 11 heteroatoms. The molecule has 3 aromatic rings. The molecule has 6 nitrogen and oxygen atoms in total. The van der Waals surface area contributed by atoms with Gasteiger partial charge in [-0.25, -0.2) is 18.2 Å².